The Labute approximate surface area is 141 Å². The smallest absolute Gasteiger partial charge is 0.0100 e. The average Bonchev–Trinajstić information content (AvgIpc) is 3.35. The Bertz CT molecular complexity index is 569. The minimum atomic E-state index is 1.14. The second kappa shape index (κ2) is 11.4. The molecule has 1 heteroatoms. The summed E-state index contributed by atoms with van der Waals surface area (Å²) in [5, 5.41) is 2.68. The largest absolute Gasteiger partial charge is 0.0808 e. The molecule has 0 saturated heterocycles. The van der Waals surface area contributed by atoms with Gasteiger partial charge in [-0.1, -0.05) is 109 Å². The second-order valence-electron chi connectivity index (χ2n) is 4.97. The molecule has 2 aromatic carbocycles. The Hall–Kier alpha value is -2.17. The topological polar surface area (TPSA) is 0 Å². The van der Waals surface area contributed by atoms with Gasteiger partial charge < -0.3 is 0 Å². The molecule has 4 rings (SSSR count). The molecule has 1 radical (unpaired) electrons. The molecule has 0 amide bonds. The molecular formula is C22H22P. The van der Waals surface area contributed by atoms with Gasteiger partial charge in [-0.05, 0) is 32.0 Å². The Morgan fingerprint density at radius 1 is 0.478 bits per heavy atom. The van der Waals surface area contributed by atoms with Crippen molar-refractivity contribution in [3.63, 3.8) is 0 Å². The Morgan fingerprint density at radius 3 is 1.09 bits per heavy atom. The molecule has 0 atom stereocenters. The molecule has 2 aliphatic carbocycles. The van der Waals surface area contributed by atoms with Gasteiger partial charge in [-0.2, -0.15) is 0 Å². The molecule has 0 unspecified atom stereocenters. The van der Waals surface area contributed by atoms with Gasteiger partial charge in [0, 0.05) is 0 Å². The molecule has 0 spiro atoms. The van der Waals surface area contributed by atoms with E-state index in [1.165, 1.54) is 19.2 Å². The van der Waals surface area contributed by atoms with Crippen LogP contribution in [0.1, 0.15) is 12.8 Å². The molecule has 23 heavy (non-hydrogen) atoms. The summed E-state index contributed by atoms with van der Waals surface area (Å²) in [5.41, 5.74) is 0. The zero-order valence-electron chi connectivity index (χ0n) is 13.3. The molecule has 0 heterocycles. The molecule has 2 aromatic rings. The van der Waals surface area contributed by atoms with Crippen LogP contribution in [-0.2, 0) is 0 Å². The maximum atomic E-state index is 2.15. The molecule has 2 aliphatic rings. The van der Waals surface area contributed by atoms with Crippen molar-refractivity contribution in [1.82, 2.24) is 0 Å². The molecule has 0 aliphatic heterocycles. The van der Waals surface area contributed by atoms with Gasteiger partial charge in [0.2, 0.25) is 0 Å². The summed E-state index contributed by atoms with van der Waals surface area (Å²) < 4.78 is 0. The fourth-order valence-electron chi connectivity index (χ4n) is 1.94. The van der Waals surface area contributed by atoms with Crippen LogP contribution in [0.25, 0.3) is 0 Å². The highest BCUT2D eigenvalue weighted by Crippen LogP contribution is 2.08. The van der Waals surface area contributed by atoms with E-state index in [1.54, 1.807) is 0 Å². The van der Waals surface area contributed by atoms with E-state index in [0.29, 0.717) is 0 Å². The van der Waals surface area contributed by atoms with Crippen molar-refractivity contribution in [2.24, 2.45) is 0 Å². The van der Waals surface area contributed by atoms with Crippen LogP contribution < -0.4 is 10.6 Å². The van der Waals surface area contributed by atoms with E-state index >= 15 is 0 Å². The van der Waals surface area contributed by atoms with Gasteiger partial charge in [0.25, 0.3) is 0 Å². The van der Waals surface area contributed by atoms with Gasteiger partial charge >= 0.3 is 0 Å². The molecule has 0 saturated carbocycles. The monoisotopic (exact) mass is 317 g/mol. The van der Waals surface area contributed by atoms with Crippen molar-refractivity contribution in [1.29, 1.82) is 0 Å². The number of hydrogen-bond acceptors (Lipinski definition) is 0. The summed E-state index contributed by atoms with van der Waals surface area (Å²) >= 11 is 0. The van der Waals surface area contributed by atoms with Crippen LogP contribution in [0.4, 0.5) is 0 Å². The maximum absolute atomic E-state index is 2.15. The highest BCUT2D eigenvalue weighted by molar-refractivity contribution is 7.55. The first-order valence-corrected chi connectivity index (χ1v) is 8.80. The van der Waals surface area contributed by atoms with Crippen LogP contribution in [0.15, 0.2) is 109 Å². The number of hydrogen-bond donors (Lipinski definition) is 0. The summed E-state index contributed by atoms with van der Waals surface area (Å²) in [6.07, 6.45) is 19.0. The second-order valence-corrected chi connectivity index (χ2v) is 6.22. The first kappa shape index (κ1) is 17.2. The Kier molecular flexibility index (Phi) is 8.52. The summed E-state index contributed by atoms with van der Waals surface area (Å²) in [7, 11) is 1.28. The van der Waals surface area contributed by atoms with E-state index in [4.69, 9.17) is 0 Å². The third kappa shape index (κ3) is 8.14. The summed E-state index contributed by atoms with van der Waals surface area (Å²) in [5.74, 6) is 0. The van der Waals surface area contributed by atoms with Crippen molar-refractivity contribution in [2.45, 2.75) is 12.8 Å². The van der Waals surface area contributed by atoms with Crippen LogP contribution in [0, 0.1) is 0 Å². The van der Waals surface area contributed by atoms with Crippen molar-refractivity contribution in [3.8, 4) is 0 Å². The predicted molar refractivity (Wildman–Crippen MR) is 105 cm³/mol. The first-order chi connectivity index (χ1) is 11.4. The lowest BCUT2D eigenvalue weighted by Gasteiger charge is -1.98. The highest BCUT2D eigenvalue weighted by Gasteiger charge is 1.93. The lowest BCUT2D eigenvalue weighted by Crippen LogP contribution is -2.01. The normalized spacial score (nSPS) is 13.2. The van der Waals surface area contributed by atoms with Gasteiger partial charge in [-0.15, -0.1) is 0 Å². The molecule has 0 nitrogen and oxygen atoms in total. The van der Waals surface area contributed by atoms with E-state index in [2.05, 4.69) is 97.1 Å². The average molecular weight is 317 g/mol. The lowest BCUT2D eigenvalue weighted by molar-refractivity contribution is 1.45. The van der Waals surface area contributed by atoms with Crippen LogP contribution >= 0.6 is 8.58 Å². The van der Waals surface area contributed by atoms with Gasteiger partial charge in [-0.3, -0.25) is 0 Å². The van der Waals surface area contributed by atoms with E-state index in [9.17, 15) is 0 Å². The highest BCUT2D eigenvalue weighted by atomic mass is 31.1. The SMILES string of the molecule is C1=CCC=C1.C1=CCC=C1.c1ccc([P]c2ccccc2)cc1. The Morgan fingerprint density at radius 2 is 0.826 bits per heavy atom. The third-order valence-corrected chi connectivity index (χ3v) is 4.19. The van der Waals surface area contributed by atoms with Crippen LogP contribution in [0.2, 0.25) is 0 Å². The summed E-state index contributed by atoms with van der Waals surface area (Å²) in [6, 6.07) is 21.0. The van der Waals surface area contributed by atoms with Gasteiger partial charge in [0.1, 0.15) is 0 Å². The molecule has 115 valence electrons. The van der Waals surface area contributed by atoms with Crippen LogP contribution in [0.5, 0.6) is 0 Å². The third-order valence-electron chi connectivity index (χ3n) is 3.08. The number of benzene rings is 2. The van der Waals surface area contributed by atoms with Gasteiger partial charge in [0.05, 0.1) is 0 Å². The molecule has 0 aromatic heterocycles. The van der Waals surface area contributed by atoms with E-state index in [1.807, 2.05) is 12.1 Å². The molecular weight excluding hydrogens is 295 g/mol. The van der Waals surface area contributed by atoms with Crippen molar-refractivity contribution < 1.29 is 0 Å². The zero-order valence-corrected chi connectivity index (χ0v) is 14.1. The number of allylic oxidation sites excluding steroid dienone is 8. The minimum absolute atomic E-state index is 1.14. The van der Waals surface area contributed by atoms with Crippen LogP contribution in [0.3, 0.4) is 0 Å². The van der Waals surface area contributed by atoms with Crippen LogP contribution in [-0.4, -0.2) is 0 Å². The first-order valence-electron chi connectivity index (χ1n) is 7.90. The van der Waals surface area contributed by atoms with E-state index in [0.717, 1.165) is 12.8 Å². The van der Waals surface area contributed by atoms with E-state index in [-0.39, 0.29) is 0 Å². The van der Waals surface area contributed by atoms with Crippen molar-refractivity contribution in [2.75, 3.05) is 0 Å². The molecule has 0 fully saturated rings. The van der Waals surface area contributed by atoms with Crippen molar-refractivity contribution in [3.05, 3.63) is 109 Å². The minimum Gasteiger partial charge on any atom is -0.0808 e. The van der Waals surface area contributed by atoms with Crippen molar-refractivity contribution >= 4 is 19.2 Å². The fraction of sp³-hybridized carbons (Fsp3) is 0.0909. The quantitative estimate of drug-likeness (QED) is 0.634. The summed E-state index contributed by atoms with van der Waals surface area (Å²) in [4.78, 5) is 0. The lowest BCUT2D eigenvalue weighted by atomic mass is 10.4. The number of rotatable bonds is 2. The van der Waals surface area contributed by atoms with Gasteiger partial charge in [0.15, 0.2) is 0 Å². The molecule has 0 bridgehead atoms. The van der Waals surface area contributed by atoms with E-state index < -0.39 is 0 Å². The maximum Gasteiger partial charge on any atom is -0.0100 e. The summed E-state index contributed by atoms with van der Waals surface area (Å²) in [6.45, 7) is 0. The molecule has 0 N–H and O–H groups in total. The Balaban J connectivity index is 0.000000156. The standard InChI is InChI=1S/C12H10P.2C5H6/c1-3-7-11(8-4-1)13-12-9-5-2-6-10-12;2*1-2-4-5-3-1/h1-10H;2*1-4H,5H2. The predicted octanol–water partition coefficient (Wildman–Crippen LogP) is 5.59. The fourth-order valence-corrected chi connectivity index (χ4v) is 2.88. The zero-order chi connectivity index (χ0) is 16.0. The van der Waals surface area contributed by atoms with Gasteiger partial charge in [-0.25, -0.2) is 0 Å².